The predicted molar refractivity (Wildman–Crippen MR) is 108 cm³/mol. The number of ether oxygens (including phenoxy) is 1. The first-order valence-electron chi connectivity index (χ1n) is 8.58. The van der Waals surface area contributed by atoms with Crippen molar-refractivity contribution in [1.82, 2.24) is 9.97 Å². The van der Waals surface area contributed by atoms with Gasteiger partial charge in [0, 0.05) is 11.8 Å². The second-order valence-corrected chi connectivity index (χ2v) is 7.44. The highest BCUT2D eigenvalue weighted by Gasteiger charge is 2.17. The molecular weight excluding hydrogens is 378 g/mol. The minimum absolute atomic E-state index is 0.106. The minimum Gasteiger partial charge on any atom is -0.469 e. The summed E-state index contributed by atoms with van der Waals surface area (Å²) in [4.78, 5) is 42.5. The Morgan fingerprint density at radius 2 is 1.93 bits per heavy atom. The van der Waals surface area contributed by atoms with Crippen LogP contribution in [0.15, 0.2) is 58.5 Å². The number of nitrogens with zero attached hydrogens (tertiary/aromatic N) is 1. The molecule has 0 radical (unpaired) electrons. The zero-order valence-corrected chi connectivity index (χ0v) is 16.2. The highest BCUT2D eigenvalue weighted by atomic mass is 32.2. The molecule has 0 aliphatic rings. The molecule has 1 atom stereocenters. The Hall–Kier alpha value is -3.13. The van der Waals surface area contributed by atoms with Gasteiger partial charge in [-0.1, -0.05) is 42.1 Å². The highest BCUT2D eigenvalue weighted by Crippen LogP contribution is 2.22. The second kappa shape index (κ2) is 8.71. The molecule has 2 N–H and O–H groups in total. The number of thioether (sulfide) groups is 1. The van der Waals surface area contributed by atoms with Crippen LogP contribution in [-0.2, 0) is 20.7 Å². The fourth-order valence-corrected chi connectivity index (χ4v) is 3.41. The van der Waals surface area contributed by atoms with Crippen LogP contribution in [0.5, 0.6) is 0 Å². The third-order valence-corrected chi connectivity index (χ3v) is 4.98. The van der Waals surface area contributed by atoms with Gasteiger partial charge in [0.15, 0.2) is 5.16 Å². The van der Waals surface area contributed by atoms with E-state index in [4.69, 9.17) is 0 Å². The third-order valence-electron chi connectivity index (χ3n) is 4.00. The number of methoxy groups -OCH3 is 1. The van der Waals surface area contributed by atoms with Crippen molar-refractivity contribution in [2.75, 3.05) is 12.4 Å². The smallest absolute Gasteiger partial charge is 0.311 e. The Bertz CT molecular complexity index is 1080. The number of amides is 1. The first-order chi connectivity index (χ1) is 13.4. The Morgan fingerprint density at radius 3 is 2.68 bits per heavy atom. The lowest BCUT2D eigenvalue weighted by Crippen LogP contribution is -2.23. The Morgan fingerprint density at radius 1 is 1.18 bits per heavy atom. The molecule has 1 heterocycles. The summed E-state index contributed by atoms with van der Waals surface area (Å²) in [5, 5.41) is 4.75. The van der Waals surface area contributed by atoms with E-state index >= 15 is 0 Å². The summed E-state index contributed by atoms with van der Waals surface area (Å²) >= 11 is 1.11. The van der Waals surface area contributed by atoms with E-state index < -0.39 is 16.8 Å². The fourth-order valence-electron chi connectivity index (χ4n) is 2.58. The summed E-state index contributed by atoms with van der Waals surface area (Å²) in [6.45, 7) is 1.72. The number of rotatable bonds is 6. The van der Waals surface area contributed by atoms with E-state index in [0.29, 0.717) is 11.4 Å². The van der Waals surface area contributed by atoms with Gasteiger partial charge in [0.25, 0.3) is 5.56 Å². The predicted octanol–water partition coefficient (Wildman–Crippen LogP) is 2.76. The molecule has 0 bridgehead atoms. The van der Waals surface area contributed by atoms with E-state index in [0.717, 1.165) is 22.5 Å². The summed E-state index contributed by atoms with van der Waals surface area (Å²) in [5.74, 6) is -0.711. The van der Waals surface area contributed by atoms with Gasteiger partial charge in [-0.25, -0.2) is 4.98 Å². The number of nitrogens with one attached hydrogen (secondary N) is 2. The second-order valence-electron chi connectivity index (χ2n) is 6.11. The van der Waals surface area contributed by atoms with Crippen LogP contribution in [0.4, 0.5) is 5.69 Å². The standard InChI is InChI=1S/C20H19N3O4S/c1-12(28-20-22-16(10-17(24)23-20)11-18(25)27-2)19(26)21-15-8-7-13-5-3-4-6-14(13)9-15/h3-10,12H,11H2,1-2H3,(H,21,26)(H,22,23,24)/t12-/m1/s1. The highest BCUT2D eigenvalue weighted by molar-refractivity contribution is 8.00. The number of aromatic nitrogens is 2. The molecule has 0 spiro atoms. The number of hydrogen-bond donors (Lipinski definition) is 2. The molecule has 0 unspecified atom stereocenters. The zero-order valence-electron chi connectivity index (χ0n) is 15.4. The van der Waals surface area contributed by atoms with Crippen LogP contribution < -0.4 is 10.9 Å². The summed E-state index contributed by atoms with van der Waals surface area (Å²) in [7, 11) is 1.27. The number of fused-ring (bicyclic) bond motifs is 1. The van der Waals surface area contributed by atoms with Crippen molar-refractivity contribution >= 4 is 40.1 Å². The average molecular weight is 397 g/mol. The molecule has 3 rings (SSSR count). The molecule has 8 heteroatoms. The van der Waals surface area contributed by atoms with Gasteiger partial charge in [0.2, 0.25) is 5.91 Å². The number of esters is 1. The van der Waals surface area contributed by atoms with Crippen molar-refractivity contribution in [3.63, 3.8) is 0 Å². The maximum Gasteiger partial charge on any atom is 0.311 e. The van der Waals surface area contributed by atoms with Gasteiger partial charge >= 0.3 is 5.97 Å². The molecule has 2 aromatic carbocycles. The third kappa shape index (κ3) is 4.98. The van der Waals surface area contributed by atoms with Crippen LogP contribution in [0.3, 0.4) is 0 Å². The first kappa shape index (κ1) is 19.6. The zero-order chi connectivity index (χ0) is 20.1. The Labute approximate surface area is 165 Å². The SMILES string of the molecule is COC(=O)Cc1cc(=O)[nH]c(S[C@H](C)C(=O)Nc2ccc3ccccc3c2)n1. The maximum atomic E-state index is 12.5. The topological polar surface area (TPSA) is 101 Å². The van der Waals surface area contributed by atoms with Crippen LogP contribution in [-0.4, -0.2) is 34.2 Å². The van der Waals surface area contributed by atoms with Crippen LogP contribution in [0, 0.1) is 0 Å². The van der Waals surface area contributed by atoms with Crippen molar-refractivity contribution in [3.05, 3.63) is 64.6 Å². The summed E-state index contributed by atoms with van der Waals surface area (Å²) in [5.41, 5.74) is 0.593. The summed E-state index contributed by atoms with van der Waals surface area (Å²) in [6.07, 6.45) is -0.106. The van der Waals surface area contributed by atoms with Crippen molar-refractivity contribution in [3.8, 4) is 0 Å². The monoisotopic (exact) mass is 397 g/mol. The molecule has 28 heavy (non-hydrogen) atoms. The van der Waals surface area contributed by atoms with Crippen molar-refractivity contribution in [2.24, 2.45) is 0 Å². The normalized spacial score (nSPS) is 11.8. The van der Waals surface area contributed by atoms with Gasteiger partial charge in [-0.05, 0) is 29.8 Å². The van der Waals surface area contributed by atoms with Crippen molar-refractivity contribution in [1.29, 1.82) is 0 Å². The molecule has 1 aromatic heterocycles. The van der Waals surface area contributed by atoms with E-state index in [9.17, 15) is 14.4 Å². The lowest BCUT2D eigenvalue weighted by Gasteiger charge is -2.12. The van der Waals surface area contributed by atoms with E-state index in [1.54, 1.807) is 6.92 Å². The number of carbonyl (C=O) groups is 2. The average Bonchev–Trinajstić information content (AvgIpc) is 2.67. The molecule has 144 valence electrons. The molecule has 3 aromatic rings. The first-order valence-corrected chi connectivity index (χ1v) is 9.46. The Kier molecular flexibility index (Phi) is 6.10. The van der Waals surface area contributed by atoms with E-state index in [2.05, 4.69) is 20.0 Å². The number of H-pyrrole nitrogens is 1. The van der Waals surface area contributed by atoms with Gasteiger partial charge < -0.3 is 15.0 Å². The van der Waals surface area contributed by atoms with Crippen molar-refractivity contribution < 1.29 is 14.3 Å². The fraction of sp³-hybridized carbons (Fsp3) is 0.200. The van der Waals surface area contributed by atoms with E-state index in [1.165, 1.54) is 13.2 Å². The minimum atomic E-state index is -0.511. The van der Waals surface area contributed by atoms with Gasteiger partial charge in [0.05, 0.1) is 24.5 Å². The number of anilines is 1. The number of hydrogen-bond acceptors (Lipinski definition) is 6. The van der Waals surface area contributed by atoms with Crippen LogP contribution >= 0.6 is 11.8 Å². The van der Waals surface area contributed by atoms with Crippen LogP contribution in [0.2, 0.25) is 0 Å². The molecule has 1 amide bonds. The molecule has 0 fully saturated rings. The number of benzene rings is 2. The molecule has 7 nitrogen and oxygen atoms in total. The van der Waals surface area contributed by atoms with Crippen molar-refractivity contribution in [2.45, 2.75) is 23.8 Å². The molecule has 0 aliphatic heterocycles. The van der Waals surface area contributed by atoms with E-state index in [1.807, 2.05) is 42.5 Å². The lowest BCUT2D eigenvalue weighted by molar-refractivity contribution is -0.139. The van der Waals surface area contributed by atoms with Gasteiger partial charge in [-0.2, -0.15) is 0 Å². The Balaban J connectivity index is 1.69. The summed E-state index contributed by atoms with van der Waals surface area (Å²) < 4.78 is 4.59. The van der Waals surface area contributed by atoms with Gasteiger partial charge in [0.1, 0.15) is 0 Å². The van der Waals surface area contributed by atoms with Gasteiger partial charge in [-0.15, -0.1) is 0 Å². The van der Waals surface area contributed by atoms with Gasteiger partial charge in [-0.3, -0.25) is 14.4 Å². The summed E-state index contributed by atoms with van der Waals surface area (Å²) in [6, 6.07) is 14.8. The molecule has 0 saturated carbocycles. The van der Waals surface area contributed by atoms with Crippen LogP contribution in [0.25, 0.3) is 10.8 Å². The maximum absolute atomic E-state index is 12.5. The molecule has 0 saturated heterocycles. The van der Waals surface area contributed by atoms with E-state index in [-0.39, 0.29) is 17.5 Å². The molecule has 0 aliphatic carbocycles. The largest absolute Gasteiger partial charge is 0.469 e. The van der Waals surface area contributed by atoms with Crippen LogP contribution in [0.1, 0.15) is 12.6 Å². The quantitative estimate of drug-likeness (QED) is 0.377. The number of aromatic amines is 1. The number of carbonyl (C=O) groups excluding carboxylic acids is 2. The lowest BCUT2D eigenvalue weighted by atomic mass is 10.1. The molecular formula is C20H19N3O4S.